The fraction of sp³-hybridized carbons (Fsp3) is 1.00. The second-order valence-electron chi connectivity index (χ2n) is 5.02. The average molecular weight is 228 g/mol. The van der Waals surface area contributed by atoms with Crippen molar-refractivity contribution in [3.8, 4) is 0 Å². The molecule has 4 heteroatoms. The lowest BCUT2D eigenvalue weighted by atomic mass is 9.99. The lowest BCUT2D eigenvalue weighted by Gasteiger charge is -2.18. The Morgan fingerprint density at radius 2 is 2.31 bits per heavy atom. The van der Waals surface area contributed by atoms with Crippen LogP contribution in [0.5, 0.6) is 0 Å². The maximum Gasteiger partial charge on any atom is 0.0680 e. The summed E-state index contributed by atoms with van der Waals surface area (Å²) in [7, 11) is 0. The van der Waals surface area contributed by atoms with Crippen molar-refractivity contribution in [2.24, 2.45) is 5.92 Å². The molecule has 4 unspecified atom stereocenters. The number of rotatable bonds is 5. The molecule has 0 bridgehead atoms. The normalized spacial score (nSPS) is 39.4. The highest BCUT2D eigenvalue weighted by molar-refractivity contribution is 4.84. The second-order valence-corrected chi connectivity index (χ2v) is 5.02. The van der Waals surface area contributed by atoms with Crippen molar-refractivity contribution in [2.45, 2.75) is 44.4 Å². The van der Waals surface area contributed by atoms with Gasteiger partial charge in [-0.05, 0) is 25.2 Å². The molecule has 2 aliphatic heterocycles. The first-order valence-electron chi connectivity index (χ1n) is 6.53. The van der Waals surface area contributed by atoms with Gasteiger partial charge in [0.1, 0.15) is 0 Å². The first-order valence-corrected chi connectivity index (χ1v) is 6.53. The van der Waals surface area contributed by atoms with Gasteiger partial charge >= 0.3 is 0 Å². The van der Waals surface area contributed by atoms with Crippen LogP contribution in [0.25, 0.3) is 0 Å². The van der Waals surface area contributed by atoms with Gasteiger partial charge in [-0.1, -0.05) is 6.92 Å². The van der Waals surface area contributed by atoms with Gasteiger partial charge in [0, 0.05) is 32.3 Å². The molecule has 0 radical (unpaired) electrons. The van der Waals surface area contributed by atoms with Crippen LogP contribution in [-0.4, -0.2) is 49.6 Å². The fourth-order valence-corrected chi connectivity index (χ4v) is 2.77. The monoisotopic (exact) mass is 228 g/mol. The third kappa shape index (κ3) is 3.17. The summed E-state index contributed by atoms with van der Waals surface area (Å²) in [4.78, 5) is 0. The summed E-state index contributed by atoms with van der Waals surface area (Å²) < 4.78 is 5.66. The third-order valence-electron chi connectivity index (χ3n) is 3.74. The van der Waals surface area contributed by atoms with Gasteiger partial charge in [0.15, 0.2) is 0 Å². The van der Waals surface area contributed by atoms with E-state index >= 15 is 0 Å². The van der Waals surface area contributed by atoms with Crippen LogP contribution >= 0.6 is 0 Å². The molecule has 4 nitrogen and oxygen atoms in total. The molecular weight excluding hydrogens is 204 g/mol. The molecule has 0 aromatic rings. The Kier molecular flexibility index (Phi) is 4.58. The third-order valence-corrected chi connectivity index (χ3v) is 3.74. The van der Waals surface area contributed by atoms with Gasteiger partial charge in [-0.15, -0.1) is 0 Å². The number of aliphatic hydroxyl groups excluding tert-OH is 1. The molecule has 2 aliphatic rings. The number of hydrogen-bond acceptors (Lipinski definition) is 4. The van der Waals surface area contributed by atoms with Gasteiger partial charge in [-0.3, -0.25) is 0 Å². The zero-order valence-electron chi connectivity index (χ0n) is 10.1. The van der Waals surface area contributed by atoms with Gasteiger partial charge in [0.2, 0.25) is 0 Å². The van der Waals surface area contributed by atoms with Gasteiger partial charge in [-0.25, -0.2) is 0 Å². The summed E-state index contributed by atoms with van der Waals surface area (Å²) in [5, 5.41) is 16.2. The number of aliphatic hydroxyl groups is 1. The number of β-amino-alcohol motifs (C(OH)–C–C–N with tert-alkyl or cyclic N) is 1. The molecule has 0 aromatic carbocycles. The van der Waals surface area contributed by atoms with Gasteiger partial charge in [0.05, 0.1) is 12.2 Å². The summed E-state index contributed by atoms with van der Waals surface area (Å²) in [6.07, 6.45) is 3.49. The molecular formula is C12H24N2O2. The molecule has 4 atom stereocenters. The topological polar surface area (TPSA) is 53.5 Å². The maximum absolute atomic E-state index is 9.38. The zero-order chi connectivity index (χ0) is 11.4. The molecule has 2 saturated heterocycles. The highest BCUT2D eigenvalue weighted by Gasteiger charge is 2.27. The van der Waals surface area contributed by atoms with Crippen LogP contribution in [0.3, 0.4) is 0 Å². The quantitative estimate of drug-likeness (QED) is 0.625. The van der Waals surface area contributed by atoms with E-state index in [2.05, 4.69) is 17.6 Å². The summed E-state index contributed by atoms with van der Waals surface area (Å²) in [6.45, 7) is 5.87. The van der Waals surface area contributed by atoms with Gasteiger partial charge < -0.3 is 20.5 Å². The Hall–Kier alpha value is -0.160. The highest BCUT2D eigenvalue weighted by atomic mass is 16.5. The minimum Gasteiger partial charge on any atom is -0.392 e. The predicted octanol–water partition coefficient (Wildman–Crippen LogP) is 0.114. The molecule has 2 rings (SSSR count). The Bertz CT molecular complexity index is 213. The van der Waals surface area contributed by atoms with E-state index in [0.29, 0.717) is 18.1 Å². The second kappa shape index (κ2) is 5.96. The maximum atomic E-state index is 9.38. The van der Waals surface area contributed by atoms with Crippen LogP contribution < -0.4 is 10.6 Å². The van der Waals surface area contributed by atoms with Crippen LogP contribution in [0.15, 0.2) is 0 Å². The lowest BCUT2D eigenvalue weighted by molar-refractivity contribution is 0.0871. The molecule has 16 heavy (non-hydrogen) atoms. The number of ether oxygens (including phenoxy) is 1. The summed E-state index contributed by atoms with van der Waals surface area (Å²) >= 11 is 0. The molecule has 3 N–H and O–H groups in total. The van der Waals surface area contributed by atoms with E-state index in [1.54, 1.807) is 0 Å². The Labute approximate surface area is 97.7 Å². The van der Waals surface area contributed by atoms with Gasteiger partial charge in [0.25, 0.3) is 0 Å². The first-order chi connectivity index (χ1) is 7.79. The zero-order valence-corrected chi connectivity index (χ0v) is 10.1. The summed E-state index contributed by atoms with van der Waals surface area (Å²) in [6, 6.07) is 0.442. The Balaban J connectivity index is 1.60. The van der Waals surface area contributed by atoms with Crippen LogP contribution in [0.2, 0.25) is 0 Å². The lowest BCUT2D eigenvalue weighted by Crippen LogP contribution is -2.37. The predicted molar refractivity (Wildman–Crippen MR) is 63.4 cm³/mol. The molecule has 0 aliphatic carbocycles. The van der Waals surface area contributed by atoms with Crippen molar-refractivity contribution < 1.29 is 9.84 Å². The highest BCUT2D eigenvalue weighted by Crippen LogP contribution is 2.22. The molecule has 0 amide bonds. The molecule has 0 aromatic heterocycles. The number of nitrogens with one attached hydrogen (secondary N) is 2. The van der Waals surface area contributed by atoms with E-state index in [0.717, 1.165) is 39.1 Å². The van der Waals surface area contributed by atoms with Crippen molar-refractivity contribution in [1.82, 2.24) is 10.6 Å². The van der Waals surface area contributed by atoms with E-state index in [1.165, 1.54) is 6.42 Å². The molecule has 0 saturated carbocycles. The van der Waals surface area contributed by atoms with Crippen LogP contribution in [-0.2, 0) is 4.74 Å². The smallest absolute Gasteiger partial charge is 0.0680 e. The van der Waals surface area contributed by atoms with Crippen molar-refractivity contribution >= 4 is 0 Å². The van der Waals surface area contributed by atoms with E-state index in [-0.39, 0.29) is 6.10 Å². The Morgan fingerprint density at radius 3 is 3.00 bits per heavy atom. The molecule has 2 fully saturated rings. The summed E-state index contributed by atoms with van der Waals surface area (Å²) in [5.74, 6) is 0.677. The van der Waals surface area contributed by atoms with Crippen LogP contribution in [0, 0.1) is 5.92 Å². The van der Waals surface area contributed by atoms with E-state index in [4.69, 9.17) is 4.74 Å². The standard InChI is InChI=1S/C12H24N2O2/c1-2-12-9(3-4-16-12)6-13-7-10-5-11(15)8-14-10/h9-15H,2-8H2,1H3. The largest absolute Gasteiger partial charge is 0.392 e. The molecule has 2 heterocycles. The SMILES string of the molecule is CCC1OCCC1CNCC1CC(O)CN1. The van der Waals surface area contributed by atoms with Crippen molar-refractivity contribution in [2.75, 3.05) is 26.2 Å². The van der Waals surface area contributed by atoms with E-state index in [1.807, 2.05) is 0 Å². The first kappa shape index (κ1) is 12.3. The van der Waals surface area contributed by atoms with Crippen LogP contribution in [0.4, 0.5) is 0 Å². The average Bonchev–Trinajstić information content (AvgIpc) is 2.87. The molecule has 94 valence electrons. The van der Waals surface area contributed by atoms with Gasteiger partial charge in [-0.2, -0.15) is 0 Å². The Morgan fingerprint density at radius 1 is 1.44 bits per heavy atom. The van der Waals surface area contributed by atoms with Crippen molar-refractivity contribution in [1.29, 1.82) is 0 Å². The molecule has 0 spiro atoms. The van der Waals surface area contributed by atoms with Crippen LogP contribution in [0.1, 0.15) is 26.2 Å². The van der Waals surface area contributed by atoms with Crippen molar-refractivity contribution in [3.63, 3.8) is 0 Å². The number of hydrogen-bond donors (Lipinski definition) is 3. The minimum atomic E-state index is -0.148. The fourth-order valence-electron chi connectivity index (χ4n) is 2.77. The summed E-state index contributed by atoms with van der Waals surface area (Å²) in [5.41, 5.74) is 0. The minimum absolute atomic E-state index is 0.148. The van der Waals surface area contributed by atoms with E-state index < -0.39 is 0 Å². The van der Waals surface area contributed by atoms with E-state index in [9.17, 15) is 5.11 Å². The van der Waals surface area contributed by atoms with Crippen molar-refractivity contribution in [3.05, 3.63) is 0 Å².